The van der Waals surface area contributed by atoms with Gasteiger partial charge in [0.05, 0.1) is 6.61 Å². The lowest BCUT2D eigenvalue weighted by atomic mass is 9.85. The van der Waals surface area contributed by atoms with Crippen LogP contribution in [0.1, 0.15) is 181 Å². The molecule has 8 atom stereocenters. The highest BCUT2D eigenvalue weighted by molar-refractivity contribution is 7.47. The zero-order valence-corrected chi connectivity index (χ0v) is 37.2. The van der Waals surface area contributed by atoms with Crippen LogP contribution in [0, 0.1) is 0 Å². The fourth-order valence-corrected chi connectivity index (χ4v) is 7.70. The molecule has 1 rings (SSSR count). The molecule has 1 aliphatic rings. The van der Waals surface area contributed by atoms with Crippen molar-refractivity contribution in [1.29, 1.82) is 0 Å². The fraction of sp³-hybridized carbons (Fsp3) is 0.822. The largest absolute Gasteiger partial charge is 0.472 e. The summed E-state index contributed by atoms with van der Waals surface area (Å²) in [5.74, 6) is -1.14. The Bertz CT molecular complexity index is 1180. The van der Waals surface area contributed by atoms with Gasteiger partial charge in [0.2, 0.25) is 0 Å². The molecule has 0 aromatic rings. The van der Waals surface area contributed by atoms with E-state index in [0.717, 1.165) is 64.2 Å². The summed E-state index contributed by atoms with van der Waals surface area (Å²) in [7, 11) is -5.12. The van der Waals surface area contributed by atoms with Crippen molar-refractivity contribution in [3.8, 4) is 0 Å². The molecule has 0 aromatic heterocycles. The van der Waals surface area contributed by atoms with Crippen molar-refractivity contribution >= 4 is 19.8 Å². The molecule has 0 spiro atoms. The lowest BCUT2D eigenvalue weighted by Gasteiger charge is -2.41. The molecule has 59 heavy (non-hydrogen) atoms. The zero-order chi connectivity index (χ0) is 43.6. The Kier molecular flexibility index (Phi) is 33.3. The molecule has 0 aliphatic heterocycles. The van der Waals surface area contributed by atoms with Gasteiger partial charge in [-0.1, -0.05) is 134 Å². The van der Waals surface area contributed by atoms with Crippen LogP contribution in [-0.4, -0.2) is 98.3 Å². The smallest absolute Gasteiger partial charge is 0.462 e. The number of allylic oxidation sites excluding steroid dienone is 6. The van der Waals surface area contributed by atoms with Crippen molar-refractivity contribution < 1.29 is 63.1 Å². The van der Waals surface area contributed by atoms with Crippen molar-refractivity contribution in [3.63, 3.8) is 0 Å². The van der Waals surface area contributed by atoms with E-state index in [2.05, 4.69) is 50.3 Å². The molecule has 0 saturated heterocycles. The van der Waals surface area contributed by atoms with Gasteiger partial charge in [-0.15, -0.1) is 0 Å². The molecule has 13 nitrogen and oxygen atoms in total. The van der Waals surface area contributed by atoms with Crippen molar-refractivity contribution in [3.05, 3.63) is 36.5 Å². The molecule has 6 unspecified atom stereocenters. The minimum atomic E-state index is -5.12. The predicted octanol–water partition coefficient (Wildman–Crippen LogP) is 8.61. The maximum Gasteiger partial charge on any atom is 0.472 e. The Morgan fingerprint density at radius 2 is 0.915 bits per heavy atom. The number of aliphatic hydroxyl groups is 5. The number of carbonyl (C=O) groups is 2. The van der Waals surface area contributed by atoms with Crippen molar-refractivity contribution in [2.75, 3.05) is 13.2 Å². The standard InChI is InChI=1S/C45H81O13P/c1-3-5-7-9-11-13-15-17-19-21-23-25-27-29-31-33-38(46)55-35-37(36-56-59(53,54)58-45-43(51)41(49)40(48)42(50)44(45)52)57-39(47)34-32-30-28-26-24-22-20-18-16-14-12-10-8-6-4-2/h12,14,18,20,23,25,37,40-45,48-52H,3-11,13,15-17,19,21-22,24,26-36H2,1-2H3,(H,53,54)/b14-12+,20-18+,25-23+/t37-,40?,41-,42?,43?,44?,45?/m1/s1. The first-order valence-corrected chi connectivity index (χ1v) is 24.3. The van der Waals surface area contributed by atoms with Crippen LogP contribution in [0.4, 0.5) is 0 Å². The molecule has 1 saturated carbocycles. The van der Waals surface area contributed by atoms with E-state index in [4.69, 9.17) is 18.5 Å². The average molecular weight is 861 g/mol. The van der Waals surface area contributed by atoms with E-state index in [0.29, 0.717) is 12.8 Å². The van der Waals surface area contributed by atoms with Gasteiger partial charge in [-0.05, 0) is 70.6 Å². The first kappa shape index (κ1) is 55.1. The number of hydrogen-bond donors (Lipinski definition) is 6. The Morgan fingerprint density at radius 1 is 0.525 bits per heavy atom. The summed E-state index contributed by atoms with van der Waals surface area (Å²) in [4.78, 5) is 35.6. The molecule has 6 N–H and O–H groups in total. The van der Waals surface area contributed by atoms with E-state index < -0.39 is 75.7 Å². The van der Waals surface area contributed by atoms with E-state index >= 15 is 0 Å². The fourth-order valence-electron chi connectivity index (χ4n) is 6.72. The number of carbonyl (C=O) groups excluding carboxylic acids is 2. The van der Waals surface area contributed by atoms with Gasteiger partial charge in [0.25, 0.3) is 0 Å². The van der Waals surface area contributed by atoms with Gasteiger partial charge >= 0.3 is 19.8 Å². The second-order valence-electron chi connectivity index (χ2n) is 15.9. The number of phosphoric acid groups is 1. The molecule has 1 aliphatic carbocycles. The van der Waals surface area contributed by atoms with Crippen LogP contribution in [0.25, 0.3) is 0 Å². The molecule has 0 bridgehead atoms. The van der Waals surface area contributed by atoms with Crippen LogP contribution in [-0.2, 0) is 32.7 Å². The van der Waals surface area contributed by atoms with E-state index in [1.807, 2.05) is 0 Å². The summed E-state index contributed by atoms with van der Waals surface area (Å²) in [6.45, 7) is 3.24. The lowest BCUT2D eigenvalue weighted by Crippen LogP contribution is -2.64. The Labute approximate surface area is 355 Å². The van der Waals surface area contributed by atoms with Gasteiger partial charge in [0, 0.05) is 12.8 Å². The Balaban J connectivity index is 2.49. The Morgan fingerprint density at radius 3 is 1.46 bits per heavy atom. The van der Waals surface area contributed by atoms with Crippen LogP contribution in [0.15, 0.2) is 36.5 Å². The summed E-state index contributed by atoms with van der Waals surface area (Å²) in [6, 6.07) is 0. The molecule has 0 amide bonds. The number of aliphatic hydroxyl groups excluding tert-OH is 5. The Hall–Kier alpha value is -1.93. The summed E-state index contributed by atoms with van der Waals surface area (Å²) < 4.78 is 33.5. The number of hydrogen-bond acceptors (Lipinski definition) is 12. The summed E-state index contributed by atoms with van der Waals surface area (Å²) in [5.41, 5.74) is 0. The first-order valence-electron chi connectivity index (χ1n) is 22.8. The van der Waals surface area contributed by atoms with Crippen LogP contribution in [0.2, 0.25) is 0 Å². The molecule has 0 radical (unpaired) electrons. The highest BCUT2D eigenvalue weighted by Crippen LogP contribution is 2.47. The lowest BCUT2D eigenvalue weighted by molar-refractivity contribution is -0.220. The van der Waals surface area contributed by atoms with Gasteiger partial charge in [-0.25, -0.2) is 4.57 Å². The molecule has 0 aromatic carbocycles. The van der Waals surface area contributed by atoms with Crippen LogP contribution >= 0.6 is 7.82 Å². The molecular formula is C45H81O13P. The maximum atomic E-state index is 12.8. The van der Waals surface area contributed by atoms with Crippen LogP contribution in [0.5, 0.6) is 0 Å². The van der Waals surface area contributed by atoms with Crippen molar-refractivity contribution in [1.82, 2.24) is 0 Å². The van der Waals surface area contributed by atoms with Crippen LogP contribution < -0.4 is 0 Å². The zero-order valence-electron chi connectivity index (χ0n) is 36.3. The number of ether oxygens (including phenoxy) is 2. The van der Waals surface area contributed by atoms with Gasteiger partial charge in [-0.2, -0.15) is 0 Å². The molecule has 14 heteroatoms. The number of rotatable bonds is 37. The highest BCUT2D eigenvalue weighted by atomic mass is 31.2. The van der Waals surface area contributed by atoms with Gasteiger partial charge in [-0.3, -0.25) is 18.6 Å². The van der Waals surface area contributed by atoms with Gasteiger partial charge < -0.3 is 39.9 Å². The minimum absolute atomic E-state index is 0.0768. The number of unbranched alkanes of at least 4 members (excludes halogenated alkanes) is 19. The topological polar surface area (TPSA) is 210 Å². The maximum absolute atomic E-state index is 12.8. The summed E-state index contributed by atoms with van der Waals surface area (Å²) in [5, 5.41) is 50.1. The average Bonchev–Trinajstić information content (AvgIpc) is 3.21. The third-order valence-corrected chi connectivity index (χ3v) is 11.4. The normalized spacial score (nSPS) is 22.6. The van der Waals surface area contributed by atoms with Gasteiger partial charge in [0.15, 0.2) is 6.10 Å². The van der Waals surface area contributed by atoms with E-state index in [1.165, 1.54) is 77.0 Å². The van der Waals surface area contributed by atoms with E-state index in [1.54, 1.807) is 0 Å². The molecule has 0 heterocycles. The van der Waals surface area contributed by atoms with Gasteiger partial charge in [0.1, 0.15) is 43.2 Å². The second-order valence-corrected chi connectivity index (χ2v) is 17.3. The van der Waals surface area contributed by atoms with Crippen molar-refractivity contribution in [2.24, 2.45) is 0 Å². The first-order chi connectivity index (χ1) is 28.4. The van der Waals surface area contributed by atoms with E-state index in [-0.39, 0.29) is 12.8 Å². The minimum Gasteiger partial charge on any atom is -0.462 e. The monoisotopic (exact) mass is 861 g/mol. The summed E-state index contributed by atoms with van der Waals surface area (Å²) >= 11 is 0. The third kappa shape index (κ3) is 28.3. The molecule has 1 fully saturated rings. The second kappa shape index (κ2) is 35.6. The van der Waals surface area contributed by atoms with Crippen molar-refractivity contribution in [2.45, 2.75) is 224 Å². The SMILES string of the molecule is CCCCC/C=C/C/C=C/CCCCCCCC(=O)O[C@H](COC(=O)CCCC/C=C/CCCCCCCCCCC)COP(=O)(O)OC1C(O)C(O)C(O)[C@@H](O)C1O. The molecular weight excluding hydrogens is 779 g/mol. The van der Waals surface area contributed by atoms with Crippen LogP contribution in [0.3, 0.4) is 0 Å². The quantitative estimate of drug-likeness (QED) is 0.0150. The number of esters is 2. The summed E-state index contributed by atoms with van der Waals surface area (Å²) in [6.07, 6.45) is 26.3. The van der Waals surface area contributed by atoms with E-state index in [9.17, 15) is 44.6 Å². The number of phosphoric ester groups is 1. The molecule has 344 valence electrons. The highest BCUT2D eigenvalue weighted by Gasteiger charge is 2.51. The third-order valence-electron chi connectivity index (χ3n) is 10.5. The predicted molar refractivity (Wildman–Crippen MR) is 230 cm³/mol.